The number of aromatic nitrogens is 2. The predicted molar refractivity (Wildman–Crippen MR) is 93.3 cm³/mol. The van der Waals surface area contributed by atoms with Crippen molar-refractivity contribution in [3.8, 4) is 12.1 Å². The molecular weight excluding hydrogens is 638 g/mol. The smallest absolute Gasteiger partial charge is 1.00 e. The summed E-state index contributed by atoms with van der Waals surface area (Å²) in [6.45, 7) is 7.04. The molecule has 0 bridgehead atoms. The van der Waals surface area contributed by atoms with E-state index in [4.69, 9.17) is 38.9 Å². The van der Waals surface area contributed by atoms with Gasteiger partial charge in [-0.3, -0.25) is 0 Å². The minimum atomic E-state index is -0.774. The van der Waals surface area contributed by atoms with Crippen LogP contribution in [0, 0.1) is 22.7 Å². The van der Waals surface area contributed by atoms with Crippen LogP contribution < -0.4 is 75.4 Å². The number of nitriles is 2. The molecule has 1 aromatic rings. The average Bonchev–Trinajstić information content (AvgIpc) is 3.16. The summed E-state index contributed by atoms with van der Waals surface area (Å²) in [5, 5.41) is 16.6. The molecule has 2 rings (SSSR count). The minimum Gasteiger partial charge on any atom is -1.00 e. The van der Waals surface area contributed by atoms with Gasteiger partial charge in [0, 0.05) is 0 Å². The summed E-state index contributed by atoms with van der Waals surface area (Å²) in [6, 6.07) is 3.59. The summed E-state index contributed by atoms with van der Waals surface area (Å²) in [7, 11) is 0. The van der Waals surface area contributed by atoms with Crippen molar-refractivity contribution in [2.75, 3.05) is 79.3 Å². The number of hydrogen-bond acceptors (Lipinski definition) is 10. The number of rotatable bonds is 0. The van der Waals surface area contributed by atoms with E-state index >= 15 is 0 Å². The second kappa shape index (κ2) is 25.5. The Hall–Kier alpha value is 1.24. The van der Waals surface area contributed by atoms with Gasteiger partial charge in [-0.15, -0.1) is 0 Å². The number of nitrogens with zero attached hydrogens (tertiary/aromatic N) is 4. The molecule has 0 amide bonds. The van der Waals surface area contributed by atoms with E-state index in [0.717, 1.165) is 0 Å². The third-order valence-electron chi connectivity index (χ3n) is 2.93. The Morgan fingerprint density at radius 2 is 0.759 bits per heavy atom. The molecule has 1 fully saturated rings. The van der Waals surface area contributed by atoms with E-state index in [1.54, 1.807) is 12.1 Å². The van der Waals surface area contributed by atoms with E-state index in [0.29, 0.717) is 79.3 Å². The molecule has 0 aromatic carbocycles. The summed E-state index contributed by atoms with van der Waals surface area (Å²) in [5.41, 5.74) is 0.416. The monoisotopic (exact) mass is 664 g/mol. The zero-order chi connectivity index (χ0) is 19.4. The average molecular weight is 662 g/mol. The molecule has 13 heteroatoms. The van der Waals surface area contributed by atoms with Crippen molar-refractivity contribution in [3.63, 3.8) is 0 Å². The normalized spacial score (nSPS) is 17.3. The molecule has 1 aliphatic heterocycles. The van der Waals surface area contributed by atoms with E-state index in [1.165, 1.54) is 0 Å². The quantitative estimate of drug-likeness (QED) is 0.196. The number of halogens is 1. The van der Waals surface area contributed by atoms with E-state index in [9.17, 15) is 0 Å². The van der Waals surface area contributed by atoms with Gasteiger partial charge in [-0.2, -0.15) is 0 Å². The van der Waals surface area contributed by atoms with E-state index < -0.39 is 21.0 Å². The molecule has 158 valence electrons. The van der Waals surface area contributed by atoms with Crippen LogP contribution in [0.5, 0.6) is 0 Å². The maximum absolute atomic E-state index is 8.28. The summed E-state index contributed by atoms with van der Waals surface area (Å²) in [6.07, 6.45) is 0. The van der Waals surface area contributed by atoms with E-state index in [-0.39, 0.29) is 86.7 Å². The molecule has 0 unspecified atom stereocenters. The first kappa shape index (κ1) is 32.4. The van der Waals surface area contributed by atoms with Gasteiger partial charge in [-0.25, -0.2) is 0 Å². The molecule has 1 saturated heterocycles. The molecule has 29 heavy (non-hydrogen) atoms. The van der Waals surface area contributed by atoms with Crippen LogP contribution in [0.25, 0.3) is 0 Å². The first-order valence-electron chi connectivity index (χ1n) is 8.47. The van der Waals surface area contributed by atoms with Gasteiger partial charge < -0.3 is 52.4 Å². The van der Waals surface area contributed by atoms with Crippen LogP contribution >= 0.6 is 0 Å². The number of hydrogen-bond donors (Lipinski definition) is 0. The zero-order valence-electron chi connectivity index (χ0n) is 16.5. The Labute approximate surface area is 241 Å². The van der Waals surface area contributed by atoms with Gasteiger partial charge in [0.2, 0.25) is 0 Å². The van der Waals surface area contributed by atoms with Crippen molar-refractivity contribution in [1.82, 2.24) is 6.41 Å². The van der Waals surface area contributed by atoms with Crippen molar-refractivity contribution in [1.29, 1.82) is 10.5 Å². The van der Waals surface area contributed by atoms with Crippen LogP contribution in [0.1, 0.15) is 11.4 Å². The topological polar surface area (TPSA) is 129 Å². The molecule has 1 aliphatic rings. The van der Waals surface area contributed by atoms with Crippen LogP contribution in [0.2, 0.25) is 0 Å². The third kappa shape index (κ3) is 19.6. The maximum atomic E-state index is 8.28. The Balaban J connectivity index is 0. The van der Waals surface area contributed by atoms with Gasteiger partial charge >= 0.3 is 113 Å². The van der Waals surface area contributed by atoms with Crippen molar-refractivity contribution in [2.45, 2.75) is 0 Å². The Morgan fingerprint density at radius 3 is 0.931 bits per heavy atom. The molecule has 0 radical (unpaired) electrons. The standard InChI is InChI=1S/C12H24O6.C4N4Te.HI.K/c1-2-14-5-6-16-9-10-18-12-11-17-8-7-15-4-3-13-1;5-1-3-4(2-6)8-9-7-3;;/h1-12H2;;1H;/q;;;+1/p-1. The van der Waals surface area contributed by atoms with Crippen LogP contribution in [-0.2, 0) is 28.4 Å². The zero-order valence-corrected chi connectivity index (χ0v) is 24.1. The van der Waals surface area contributed by atoms with Gasteiger partial charge in [-0.1, -0.05) is 0 Å². The Kier molecular flexibility index (Phi) is 28.5. The SMILES string of the molecule is C1COCCOCCOCCOCCOCCO1.N#Cc1n[te]nc1C#N.[I-].[K+]. The van der Waals surface area contributed by atoms with Crippen LogP contribution in [0.15, 0.2) is 0 Å². The van der Waals surface area contributed by atoms with Gasteiger partial charge in [0.15, 0.2) is 0 Å². The molecule has 0 atom stereocenters. The summed E-state index contributed by atoms with van der Waals surface area (Å²) in [5.74, 6) is 0. The molecule has 10 nitrogen and oxygen atoms in total. The largest absolute Gasteiger partial charge is 1.00 e. The molecular formula is C16H24IKN4O6Te. The minimum absolute atomic E-state index is 0. The first-order valence-corrected chi connectivity index (χ1v) is 10.6. The van der Waals surface area contributed by atoms with Gasteiger partial charge in [0.25, 0.3) is 0 Å². The second-order valence-electron chi connectivity index (χ2n) is 4.86. The summed E-state index contributed by atoms with van der Waals surface area (Å²) in [4.78, 5) is 0. The fourth-order valence-corrected chi connectivity index (χ4v) is 2.96. The van der Waals surface area contributed by atoms with Gasteiger partial charge in [0.1, 0.15) is 0 Å². The van der Waals surface area contributed by atoms with Crippen LogP contribution in [0.4, 0.5) is 0 Å². The van der Waals surface area contributed by atoms with E-state index in [1.807, 2.05) is 0 Å². The van der Waals surface area contributed by atoms with Gasteiger partial charge in [-0.05, 0) is 0 Å². The van der Waals surface area contributed by atoms with Crippen LogP contribution in [0.3, 0.4) is 0 Å². The van der Waals surface area contributed by atoms with Crippen molar-refractivity contribution >= 4 is 21.0 Å². The molecule has 1 aromatic heterocycles. The molecule has 2 heterocycles. The predicted octanol–water partition coefficient (Wildman–Crippen LogP) is -6.62. The van der Waals surface area contributed by atoms with Crippen LogP contribution in [-0.4, -0.2) is 107 Å². The van der Waals surface area contributed by atoms with Crippen molar-refractivity contribution in [2.24, 2.45) is 0 Å². The third-order valence-corrected chi connectivity index (χ3v) is 4.44. The molecule has 0 aliphatic carbocycles. The fraction of sp³-hybridized carbons (Fsp3) is 0.750. The number of ether oxygens (including phenoxy) is 6. The van der Waals surface area contributed by atoms with Crippen molar-refractivity contribution in [3.05, 3.63) is 11.4 Å². The Morgan fingerprint density at radius 1 is 0.552 bits per heavy atom. The first-order chi connectivity index (χ1) is 13.4. The second-order valence-corrected chi connectivity index (χ2v) is 6.37. The van der Waals surface area contributed by atoms with E-state index in [2.05, 4.69) is 6.41 Å². The molecule has 0 N–H and O–H groups in total. The van der Waals surface area contributed by atoms with Gasteiger partial charge in [0.05, 0.1) is 79.3 Å². The molecule has 0 spiro atoms. The Bertz CT molecular complexity index is 469. The van der Waals surface area contributed by atoms with Crippen molar-refractivity contribution < 1.29 is 104 Å². The summed E-state index contributed by atoms with van der Waals surface area (Å²) < 4.78 is 39.5. The summed E-state index contributed by atoms with van der Waals surface area (Å²) >= 11 is -0.774. The molecule has 0 saturated carbocycles. The maximum Gasteiger partial charge on any atom is 1.00 e. The fourth-order valence-electron chi connectivity index (χ4n) is 1.65.